The molecule has 1 aliphatic rings. The van der Waals surface area contributed by atoms with Gasteiger partial charge in [0.1, 0.15) is 0 Å². The van der Waals surface area contributed by atoms with Gasteiger partial charge in [0.2, 0.25) is 0 Å². The van der Waals surface area contributed by atoms with E-state index in [4.69, 9.17) is 10.0 Å². The normalized spacial score (nSPS) is 17.9. The minimum Gasteiger partial charge on any atom is -0.402 e. The number of hydrogen-bond donors (Lipinski definition) is 1. The van der Waals surface area contributed by atoms with Crippen LogP contribution in [0, 0.1) is 4.31 Å². The molecule has 1 nitrogen and oxygen atoms in total. The van der Waals surface area contributed by atoms with E-state index in [0.29, 0.717) is 0 Å². The predicted molar refractivity (Wildman–Crippen MR) is 49.9 cm³/mol. The smallest absolute Gasteiger partial charge is 0.0174 e. The van der Waals surface area contributed by atoms with Gasteiger partial charge in [-0.1, -0.05) is 6.08 Å². The Morgan fingerprint density at radius 3 is 2.56 bits per heavy atom. The lowest BCUT2D eigenvalue weighted by Gasteiger charge is -1.96. The van der Waals surface area contributed by atoms with Crippen molar-refractivity contribution in [2.75, 3.05) is 4.93 Å². The second-order valence-electron chi connectivity index (χ2n) is 2.05. The number of alkyl halides is 1. The molecule has 0 saturated heterocycles. The molecule has 0 unspecified atom stereocenters. The fourth-order valence-electron chi connectivity index (χ4n) is 0.715. The van der Waals surface area contributed by atoms with E-state index in [0.717, 1.165) is 12.1 Å². The van der Waals surface area contributed by atoms with E-state index in [1.165, 1.54) is 3.58 Å². The van der Waals surface area contributed by atoms with E-state index in [9.17, 15) is 0 Å². The summed E-state index contributed by atoms with van der Waals surface area (Å²) in [6, 6.07) is 0. The molecule has 1 rings (SSSR count). The van der Waals surface area contributed by atoms with Crippen LogP contribution in [0.4, 0.5) is 0 Å². The maximum atomic E-state index is 5.76. The van der Waals surface area contributed by atoms with Crippen LogP contribution >= 0.6 is 19.1 Å². The Morgan fingerprint density at radius 2 is 2.33 bits per heavy atom. The van der Waals surface area contributed by atoms with Crippen molar-refractivity contribution in [3.8, 4) is 4.31 Å². The molecule has 0 radical (unpaired) electrons. The standard InChI is InChI=1S/C7H10IN/c1-8(2)6-3-4-7(9)5-6/h1,3-4H,5,9H2,2H3. The van der Waals surface area contributed by atoms with E-state index >= 15 is 0 Å². The lowest BCUT2D eigenvalue weighted by molar-refractivity contribution is 1.20. The third-order valence-corrected chi connectivity index (χ3v) is 4.16. The quantitative estimate of drug-likeness (QED) is 0.503. The number of allylic oxidation sites excluding steroid dienone is 3. The molecule has 0 bridgehead atoms. The fourth-order valence-corrected chi connectivity index (χ4v) is 2.50. The first-order valence-corrected chi connectivity index (χ1v) is 7.17. The predicted octanol–water partition coefficient (Wildman–Crippen LogP) is 1.84. The molecule has 0 heterocycles. The van der Waals surface area contributed by atoms with Crippen LogP contribution in [0.1, 0.15) is 6.42 Å². The molecular weight excluding hydrogens is 225 g/mol. The molecule has 0 aliphatic heterocycles. The second kappa shape index (κ2) is 2.58. The molecule has 1 aliphatic carbocycles. The van der Waals surface area contributed by atoms with Crippen molar-refractivity contribution in [1.82, 2.24) is 0 Å². The fraction of sp³-hybridized carbons (Fsp3) is 0.286. The highest BCUT2D eigenvalue weighted by atomic mass is 127. The molecule has 0 aromatic rings. The first-order chi connectivity index (χ1) is 4.20. The molecule has 2 heteroatoms. The Morgan fingerprint density at radius 1 is 1.67 bits per heavy atom. The van der Waals surface area contributed by atoms with Crippen LogP contribution < -0.4 is 5.73 Å². The molecular formula is C7H10IN. The summed E-state index contributed by atoms with van der Waals surface area (Å²) in [6.45, 7) is 0. The second-order valence-corrected chi connectivity index (χ2v) is 6.38. The topological polar surface area (TPSA) is 26.0 Å². The van der Waals surface area contributed by atoms with E-state index in [1.807, 2.05) is 6.08 Å². The zero-order valence-corrected chi connectivity index (χ0v) is 7.55. The van der Waals surface area contributed by atoms with Gasteiger partial charge in [-0.3, -0.25) is 0 Å². The Balaban J connectivity index is 2.68. The van der Waals surface area contributed by atoms with Crippen LogP contribution in [0.25, 0.3) is 0 Å². The summed E-state index contributed by atoms with van der Waals surface area (Å²) in [5.74, 6) is 0. The summed E-state index contributed by atoms with van der Waals surface area (Å²) in [5.41, 5.74) is 6.50. The van der Waals surface area contributed by atoms with Gasteiger partial charge in [-0.05, 0) is 14.6 Å². The van der Waals surface area contributed by atoms with E-state index in [2.05, 4.69) is 11.0 Å². The van der Waals surface area contributed by atoms with Gasteiger partial charge in [-0.25, -0.2) is 0 Å². The summed E-state index contributed by atoms with van der Waals surface area (Å²) >= 11 is -1.18. The SMILES string of the molecule is C#I(C)C1=CC=C(N)C1. The van der Waals surface area contributed by atoms with E-state index in [1.54, 1.807) is 0 Å². The lowest BCUT2D eigenvalue weighted by atomic mass is 10.4. The molecule has 0 aromatic heterocycles. The lowest BCUT2D eigenvalue weighted by Crippen LogP contribution is -1.91. The maximum absolute atomic E-state index is 5.76. The van der Waals surface area contributed by atoms with Crippen molar-refractivity contribution in [1.29, 1.82) is 0 Å². The summed E-state index contributed by atoms with van der Waals surface area (Å²) < 4.78 is 7.15. The van der Waals surface area contributed by atoms with Gasteiger partial charge in [-0.2, -0.15) is 0 Å². The van der Waals surface area contributed by atoms with Gasteiger partial charge in [0.15, 0.2) is 0 Å². The van der Waals surface area contributed by atoms with Crippen LogP contribution in [0.2, 0.25) is 0 Å². The highest BCUT2D eigenvalue weighted by molar-refractivity contribution is 14.2. The van der Waals surface area contributed by atoms with Crippen LogP contribution in [0.3, 0.4) is 0 Å². The first kappa shape index (κ1) is 6.90. The average Bonchev–Trinajstić information content (AvgIpc) is 2.14. The molecule has 0 aromatic carbocycles. The first-order valence-electron chi connectivity index (χ1n) is 2.69. The van der Waals surface area contributed by atoms with E-state index < -0.39 is 19.1 Å². The van der Waals surface area contributed by atoms with E-state index in [-0.39, 0.29) is 0 Å². The zero-order valence-electron chi connectivity index (χ0n) is 5.39. The van der Waals surface area contributed by atoms with Crippen LogP contribution in [0.5, 0.6) is 0 Å². The molecule has 0 fully saturated rings. The van der Waals surface area contributed by atoms with Crippen LogP contribution in [-0.4, -0.2) is 4.93 Å². The van der Waals surface area contributed by atoms with Gasteiger partial charge in [-0.15, -0.1) is 23.5 Å². The summed E-state index contributed by atoms with van der Waals surface area (Å²) in [4.78, 5) is 2.13. The third-order valence-electron chi connectivity index (χ3n) is 1.23. The molecule has 0 saturated carbocycles. The highest BCUT2D eigenvalue weighted by Crippen LogP contribution is 2.33. The summed E-state index contributed by atoms with van der Waals surface area (Å²) in [5, 5.41) is 0. The Bertz CT molecular complexity index is 239. The van der Waals surface area contributed by atoms with Crippen LogP contribution in [0.15, 0.2) is 21.4 Å². The number of halogens is 1. The largest absolute Gasteiger partial charge is 0.402 e. The Hall–Kier alpha value is -0.210. The Labute approximate surface area is 62.1 Å². The molecule has 0 atom stereocenters. The molecule has 50 valence electrons. The highest BCUT2D eigenvalue weighted by Gasteiger charge is 2.03. The van der Waals surface area contributed by atoms with Gasteiger partial charge in [0, 0.05) is 12.1 Å². The van der Waals surface area contributed by atoms with Crippen molar-refractivity contribution < 1.29 is 0 Å². The third kappa shape index (κ3) is 1.60. The monoisotopic (exact) mass is 235 g/mol. The van der Waals surface area contributed by atoms with Crippen molar-refractivity contribution >= 4 is 19.1 Å². The van der Waals surface area contributed by atoms with Crippen molar-refractivity contribution in [3.05, 3.63) is 21.4 Å². The van der Waals surface area contributed by atoms with Crippen LogP contribution in [-0.2, 0) is 0 Å². The number of rotatable bonds is 0. The molecule has 2 N–H and O–H groups in total. The van der Waals surface area contributed by atoms with Gasteiger partial charge >= 0.3 is 0 Å². The van der Waals surface area contributed by atoms with Crippen molar-refractivity contribution in [2.45, 2.75) is 6.42 Å². The molecule has 0 amide bonds. The Kier molecular flexibility index (Phi) is 1.98. The van der Waals surface area contributed by atoms with Crippen molar-refractivity contribution in [3.63, 3.8) is 0 Å². The van der Waals surface area contributed by atoms with Gasteiger partial charge in [0.25, 0.3) is 0 Å². The van der Waals surface area contributed by atoms with Crippen molar-refractivity contribution in [2.24, 2.45) is 5.73 Å². The maximum Gasteiger partial charge on any atom is 0.0174 e. The number of hydrogen-bond acceptors (Lipinski definition) is 1. The minimum absolute atomic E-state index is 0.928. The summed E-state index contributed by atoms with van der Waals surface area (Å²) in [7, 11) is 0. The molecule has 0 spiro atoms. The zero-order chi connectivity index (χ0) is 6.85. The molecule has 9 heavy (non-hydrogen) atoms. The van der Waals surface area contributed by atoms with Gasteiger partial charge < -0.3 is 5.73 Å². The summed E-state index contributed by atoms with van der Waals surface area (Å²) in [6.07, 6.45) is 4.95. The minimum atomic E-state index is -1.18. The number of nitrogens with two attached hydrogens (primary N) is 1. The average molecular weight is 235 g/mol. The van der Waals surface area contributed by atoms with Gasteiger partial charge in [0.05, 0.1) is 0 Å².